The Morgan fingerprint density at radius 3 is 3.00 bits per heavy atom. The Labute approximate surface area is 114 Å². The fourth-order valence-corrected chi connectivity index (χ4v) is 2.05. The molecule has 0 aliphatic heterocycles. The van der Waals surface area contributed by atoms with Crippen molar-refractivity contribution in [2.75, 3.05) is 26.0 Å². The lowest BCUT2D eigenvalue weighted by Gasteiger charge is -2.25. The molecule has 1 aliphatic rings. The molecule has 1 aromatic rings. The molecule has 0 spiro atoms. The average Bonchev–Trinajstić information content (AvgIpc) is 3.28. The number of aromatic nitrogens is 1. The molecule has 0 amide bonds. The van der Waals surface area contributed by atoms with Crippen LogP contribution in [0.3, 0.4) is 0 Å². The van der Waals surface area contributed by atoms with Crippen molar-refractivity contribution in [2.24, 2.45) is 0 Å². The van der Waals surface area contributed by atoms with Crippen LogP contribution in [0.2, 0.25) is 0 Å². The Kier molecular flexibility index (Phi) is 4.37. The molecule has 1 atom stereocenters. The first-order valence-electron chi connectivity index (χ1n) is 6.62. The third-order valence-corrected chi connectivity index (χ3v) is 3.60. The number of carbonyl (C=O) groups excluding carboxylic acids is 1. The van der Waals surface area contributed by atoms with Gasteiger partial charge in [0.05, 0.1) is 7.11 Å². The normalized spacial score (nSPS) is 16.2. The van der Waals surface area contributed by atoms with Crippen LogP contribution in [0.25, 0.3) is 0 Å². The number of ether oxygens (including phenoxy) is 1. The number of methoxy groups -OCH3 is 1. The minimum atomic E-state index is -0.362. The monoisotopic (exact) mass is 263 g/mol. The van der Waals surface area contributed by atoms with Crippen molar-refractivity contribution < 1.29 is 9.53 Å². The first-order chi connectivity index (χ1) is 9.13. The first kappa shape index (κ1) is 13.8. The molecule has 19 heavy (non-hydrogen) atoms. The second-order valence-electron chi connectivity index (χ2n) is 5.02. The van der Waals surface area contributed by atoms with Crippen LogP contribution < -0.4 is 5.32 Å². The van der Waals surface area contributed by atoms with Gasteiger partial charge in [0.15, 0.2) is 0 Å². The number of pyridine rings is 1. The summed E-state index contributed by atoms with van der Waals surface area (Å²) in [5.74, 6) is 0.226. The second-order valence-corrected chi connectivity index (χ2v) is 5.02. The SMILES string of the molecule is COC(=O)c1cccnc1NCC(C)N(C)C1CC1. The van der Waals surface area contributed by atoms with Crippen LogP contribution in [0.4, 0.5) is 5.82 Å². The van der Waals surface area contributed by atoms with E-state index < -0.39 is 0 Å². The number of esters is 1. The highest BCUT2D eigenvalue weighted by Crippen LogP contribution is 2.27. The maximum absolute atomic E-state index is 11.6. The molecule has 104 valence electrons. The third-order valence-electron chi connectivity index (χ3n) is 3.60. The Morgan fingerprint density at radius 1 is 1.63 bits per heavy atom. The van der Waals surface area contributed by atoms with Crippen LogP contribution in [0.1, 0.15) is 30.1 Å². The summed E-state index contributed by atoms with van der Waals surface area (Å²) in [6.07, 6.45) is 4.25. The number of anilines is 1. The molecule has 0 aromatic carbocycles. The van der Waals surface area contributed by atoms with Crippen LogP contribution in [-0.4, -0.2) is 48.6 Å². The Balaban J connectivity index is 1.96. The maximum Gasteiger partial charge on any atom is 0.341 e. The van der Waals surface area contributed by atoms with Gasteiger partial charge in [-0.15, -0.1) is 0 Å². The first-order valence-corrected chi connectivity index (χ1v) is 6.62. The molecule has 1 aliphatic carbocycles. The van der Waals surface area contributed by atoms with Crippen LogP contribution in [0.15, 0.2) is 18.3 Å². The summed E-state index contributed by atoms with van der Waals surface area (Å²) in [7, 11) is 3.52. The number of rotatable bonds is 6. The molecule has 0 bridgehead atoms. The van der Waals surface area contributed by atoms with Crippen LogP contribution in [0, 0.1) is 0 Å². The Hall–Kier alpha value is -1.62. The summed E-state index contributed by atoms with van der Waals surface area (Å²) in [4.78, 5) is 18.2. The highest BCUT2D eigenvalue weighted by Gasteiger charge is 2.29. The topological polar surface area (TPSA) is 54.5 Å². The molecule has 0 saturated heterocycles. The quantitative estimate of drug-likeness (QED) is 0.793. The highest BCUT2D eigenvalue weighted by molar-refractivity contribution is 5.94. The maximum atomic E-state index is 11.6. The summed E-state index contributed by atoms with van der Waals surface area (Å²) in [5, 5.41) is 3.24. The van der Waals surface area contributed by atoms with Crippen LogP contribution in [0.5, 0.6) is 0 Å². The summed E-state index contributed by atoms with van der Waals surface area (Å²) in [5.41, 5.74) is 0.478. The predicted molar refractivity (Wildman–Crippen MR) is 74.3 cm³/mol. The number of hydrogen-bond acceptors (Lipinski definition) is 5. The minimum Gasteiger partial charge on any atom is -0.465 e. The van der Waals surface area contributed by atoms with E-state index >= 15 is 0 Å². The van der Waals surface area contributed by atoms with Crippen molar-refractivity contribution in [3.05, 3.63) is 23.9 Å². The Morgan fingerprint density at radius 2 is 2.37 bits per heavy atom. The van der Waals surface area contributed by atoms with Crippen LogP contribution in [-0.2, 0) is 4.74 Å². The van der Waals surface area contributed by atoms with E-state index in [9.17, 15) is 4.79 Å². The molecule has 1 unspecified atom stereocenters. The van der Waals surface area contributed by atoms with Gasteiger partial charge in [0.25, 0.3) is 0 Å². The van der Waals surface area contributed by atoms with E-state index in [0.29, 0.717) is 17.4 Å². The molecule has 1 saturated carbocycles. The van der Waals surface area contributed by atoms with E-state index in [1.807, 2.05) is 0 Å². The summed E-state index contributed by atoms with van der Waals surface area (Å²) in [6, 6.07) is 4.58. The molecule has 5 nitrogen and oxygen atoms in total. The van der Waals surface area contributed by atoms with E-state index in [0.717, 1.165) is 12.6 Å². The lowest BCUT2D eigenvalue weighted by atomic mass is 10.2. The van der Waals surface area contributed by atoms with E-state index in [-0.39, 0.29) is 5.97 Å². The predicted octanol–water partition coefficient (Wildman–Crippen LogP) is 1.76. The van der Waals surface area contributed by atoms with Crippen molar-refractivity contribution in [3.8, 4) is 0 Å². The summed E-state index contributed by atoms with van der Waals surface area (Å²) < 4.78 is 4.75. The fourth-order valence-electron chi connectivity index (χ4n) is 2.05. The molecule has 0 radical (unpaired) electrons. The molecular formula is C14H21N3O2. The molecule has 1 N–H and O–H groups in total. The largest absolute Gasteiger partial charge is 0.465 e. The number of nitrogens with zero attached hydrogens (tertiary/aromatic N) is 2. The number of nitrogens with one attached hydrogen (secondary N) is 1. The van der Waals surface area contributed by atoms with E-state index in [2.05, 4.69) is 29.2 Å². The van der Waals surface area contributed by atoms with Gasteiger partial charge >= 0.3 is 5.97 Å². The van der Waals surface area contributed by atoms with Gasteiger partial charge in [-0.3, -0.25) is 4.90 Å². The molecular weight excluding hydrogens is 242 g/mol. The average molecular weight is 263 g/mol. The zero-order chi connectivity index (χ0) is 13.8. The van der Waals surface area contributed by atoms with E-state index in [1.165, 1.54) is 20.0 Å². The zero-order valence-corrected chi connectivity index (χ0v) is 11.7. The standard InChI is InChI=1S/C14H21N3O2/c1-10(17(2)11-6-7-11)9-16-13-12(14(18)19-3)5-4-8-15-13/h4-5,8,10-11H,6-7,9H2,1-3H3,(H,15,16). The zero-order valence-electron chi connectivity index (χ0n) is 11.7. The lowest BCUT2D eigenvalue weighted by molar-refractivity contribution is 0.0601. The summed E-state index contributed by atoms with van der Waals surface area (Å²) >= 11 is 0. The Bertz CT molecular complexity index is 446. The highest BCUT2D eigenvalue weighted by atomic mass is 16.5. The van der Waals surface area contributed by atoms with Gasteiger partial charge < -0.3 is 10.1 Å². The van der Waals surface area contributed by atoms with Gasteiger partial charge in [0.1, 0.15) is 11.4 Å². The van der Waals surface area contributed by atoms with E-state index in [4.69, 9.17) is 4.74 Å². The number of hydrogen-bond donors (Lipinski definition) is 1. The van der Waals surface area contributed by atoms with Crippen molar-refractivity contribution in [2.45, 2.75) is 31.8 Å². The second kappa shape index (κ2) is 6.02. The lowest BCUT2D eigenvalue weighted by Crippen LogP contribution is -2.36. The van der Waals surface area contributed by atoms with Crippen molar-refractivity contribution in [1.29, 1.82) is 0 Å². The fraction of sp³-hybridized carbons (Fsp3) is 0.571. The number of likely N-dealkylation sites (N-methyl/N-ethyl adjacent to an activating group) is 1. The van der Waals surface area contributed by atoms with Crippen molar-refractivity contribution >= 4 is 11.8 Å². The molecule has 5 heteroatoms. The molecule has 1 aromatic heterocycles. The van der Waals surface area contributed by atoms with Crippen LogP contribution >= 0.6 is 0 Å². The molecule has 2 rings (SSSR count). The van der Waals surface area contributed by atoms with Gasteiger partial charge in [0.2, 0.25) is 0 Å². The van der Waals surface area contributed by atoms with Gasteiger partial charge in [-0.25, -0.2) is 9.78 Å². The van der Waals surface area contributed by atoms with Gasteiger partial charge in [-0.05, 0) is 38.9 Å². The molecule has 1 heterocycles. The van der Waals surface area contributed by atoms with Crippen molar-refractivity contribution in [3.63, 3.8) is 0 Å². The van der Waals surface area contributed by atoms with Gasteiger partial charge in [-0.2, -0.15) is 0 Å². The molecule has 1 fully saturated rings. The van der Waals surface area contributed by atoms with Crippen molar-refractivity contribution in [1.82, 2.24) is 9.88 Å². The van der Waals surface area contributed by atoms with Gasteiger partial charge in [0, 0.05) is 24.8 Å². The minimum absolute atomic E-state index is 0.362. The number of carbonyl (C=O) groups is 1. The summed E-state index contributed by atoms with van der Waals surface area (Å²) in [6.45, 7) is 2.93. The van der Waals surface area contributed by atoms with E-state index in [1.54, 1.807) is 18.3 Å². The third kappa shape index (κ3) is 3.44. The smallest absolute Gasteiger partial charge is 0.341 e. The van der Waals surface area contributed by atoms with Gasteiger partial charge in [-0.1, -0.05) is 0 Å².